The number of carboxylic acids is 1. The van der Waals surface area contributed by atoms with E-state index in [1.54, 1.807) is 26.4 Å². The number of anilines is 2. The van der Waals surface area contributed by atoms with E-state index in [2.05, 4.69) is 20.2 Å². The number of aliphatic carboxylic acids is 1. The largest absolute Gasteiger partial charge is 0.493 e. The van der Waals surface area contributed by atoms with Crippen molar-refractivity contribution in [3.05, 3.63) is 78.1 Å². The highest BCUT2D eigenvalue weighted by Gasteiger charge is 2.18. The molecule has 10 nitrogen and oxygen atoms in total. The van der Waals surface area contributed by atoms with E-state index in [1.807, 2.05) is 42.5 Å². The number of hydrogen-bond donors (Lipinski definition) is 2. The molecule has 0 radical (unpaired) electrons. The molecule has 4 aromatic rings. The van der Waals surface area contributed by atoms with E-state index in [0.717, 1.165) is 43.1 Å². The molecule has 0 unspecified atom stereocenters. The Morgan fingerprint density at radius 1 is 0.977 bits per heavy atom. The summed E-state index contributed by atoms with van der Waals surface area (Å²) in [5, 5.41) is 13.3. The predicted octanol–water partition coefficient (Wildman–Crippen LogP) is 5.93. The summed E-state index contributed by atoms with van der Waals surface area (Å²) in [6.07, 6.45) is 7.47. The summed E-state index contributed by atoms with van der Waals surface area (Å²) in [4.78, 5) is 22.7. The SMILES string of the molecule is COc1cc2ncnc(Nc3cc(/C=C/C(=O)O)cc(OC)c3OCc3ccccc3)c2cc1OCCCN1CCCC1. The van der Waals surface area contributed by atoms with Crippen LogP contribution in [0.1, 0.15) is 30.4 Å². The number of carbonyl (C=O) groups is 1. The summed E-state index contributed by atoms with van der Waals surface area (Å²) in [5.41, 5.74) is 2.80. The maximum absolute atomic E-state index is 11.2. The molecule has 0 spiro atoms. The molecule has 0 atom stereocenters. The summed E-state index contributed by atoms with van der Waals surface area (Å²) < 4.78 is 23.7. The van der Waals surface area contributed by atoms with Crippen molar-refractivity contribution in [1.29, 1.82) is 0 Å². The van der Waals surface area contributed by atoms with Gasteiger partial charge in [0.15, 0.2) is 23.0 Å². The van der Waals surface area contributed by atoms with Crippen LogP contribution in [0, 0.1) is 0 Å². The molecule has 43 heavy (non-hydrogen) atoms. The van der Waals surface area contributed by atoms with Gasteiger partial charge in [-0.1, -0.05) is 30.3 Å². The molecular formula is C33H36N4O6. The fourth-order valence-electron chi connectivity index (χ4n) is 5.05. The molecule has 5 rings (SSSR count). The average Bonchev–Trinajstić information content (AvgIpc) is 3.55. The Labute approximate surface area is 250 Å². The molecule has 1 aliphatic rings. The van der Waals surface area contributed by atoms with Crippen LogP contribution in [0.3, 0.4) is 0 Å². The molecule has 2 N–H and O–H groups in total. The maximum atomic E-state index is 11.2. The molecule has 1 aliphatic heterocycles. The second kappa shape index (κ2) is 14.4. The number of hydrogen-bond acceptors (Lipinski definition) is 9. The average molecular weight is 585 g/mol. The zero-order valence-corrected chi connectivity index (χ0v) is 24.4. The first-order valence-electron chi connectivity index (χ1n) is 14.3. The number of benzene rings is 3. The second-order valence-electron chi connectivity index (χ2n) is 10.2. The molecule has 1 fully saturated rings. The van der Waals surface area contributed by atoms with Crippen molar-refractivity contribution in [2.75, 3.05) is 45.8 Å². The molecule has 3 aromatic carbocycles. The molecule has 1 aromatic heterocycles. The lowest BCUT2D eigenvalue weighted by Gasteiger charge is -2.19. The summed E-state index contributed by atoms with van der Waals surface area (Å²) in [6, 6.07) is 17.0. The molecule has 0 amide bonds. The van der Waals surface area contributed by atoms with Gasteiger partial charge >= 0.3 is 5.97 Å². The Hall–Kier alpha value is -4.83. The minimum absolute atomic E-state index is 0.299. The van der Waals surface area contributed by atoms with Crippen LogP contribution >= 0.6 is 0 Å². The van der Waals surface area contributed by atoms with Crippen molar-refractivity contribution in [2.24, 2.45) is 0 Å². The summed E-state index contributed by atoms with van der Waals surface area (Å²) >= 11 is 0. The van der Waals surface area contributed by atoms with Crippen LogP contribution in [0.5, 0.6) is 23.0 Å². The van der Waals surface area contributed by atoms with Crippen LogP contribution in [-0.4, -0.2) is 66.4 Å². The van der Waals surface area contributed by atoms with Gasteiger partial charge in [-0.3, -0.25) is 0 Å². The van der Waals surface area contributed by atoms with Crippen LogP contribution in [0.2, 0.25) is 0 Å². The number of likely N-dealkylation sites (tertiary alicyclic amines) is 1. The molecule has 0 bridgehead atoms. The van der Waals surface area contributed by atoms with Gasteiger partial charge in [0, 0.05) is 24.1 Å². The van der Waals surface area contributed by atoms with E-state index in [-0.39, 0.29) is 0 Å². The summed E-state index contributed by atoms with van der Waals surface area (Å²) in [7, 11) is 3.15. The van der Waals surface area contributed by atoms with E-state index in [1.165, 1.54) is 25.2 Å². The topological polar surface area (TPSA) is 115 Å². The predicted molar refractivity (Wildman–Crippen MR) is 166 cm³/mol. The van der Waals surface area contributed by atoms with E-state index < -0.39 is 5.97 Å². The zero-order chi connectivity index (χ0) is 30.0. The molecular weight excluding hydrogens is 548 g/mol. The van der Waals surface area contributed by atoms with Gasteiger partial charge in [-0.05, 0) is 67.8 Å². The normalized spacial score (nSPS) is 13.3. The van der Waals surface area contributed by atoms with Gasteiger partial charge in [0.25, 0.3) is 0 Å². The third-order valence-electron chi connectivity index (χ3n) is 7.19. The Morgan fingerprint density at radius 2 is 1.77 bits per heavy atom. The Balaban J connectivity index is 1.47. The van der Waals surface area contributed by atoms with Crippen LogP contribution in [0.15, 0.2) is 67.0 Å². The highest BCUT2D eigenvalue weighted by atomic mass is 16.5. The number of carboxylic acid groups (broad SMARTS) is 1. The maximum Gasteiger partial charge on any atom is 0.328 e. The van der Waals surface area contributed by atoms with Crippen LogP contribution in [0.25, 0.3) is 17.0 Å². The molecule has 0 aliphatic carbocycles. The van der Waals surface area contributed by atoms with E-state index >= 15 is 0 Å². The number of nitrogens with one attached hydrogen (secondary N) is 1. The second-order valence-corrected chi connectivity index (χ2v) is 10.2. The van der Waals surface area contributed by atoms with Crippen LogP contribution < -0.4 is 24.3 Å². The van der Waals surface area contributed by atoms with Crippen LogP contribution in [0.4, 0.5) is 11.5 Å². The van der Waals surface area contributed by atoms with Gasteiger partial charge in [0.05, 0.1) is 32.0 Å². The van der Waals surface area contributed by atoms with Gasteiger partial charge in [-0.25, -0.2) is 14.8 Å². The lowest BCUT2D eigenvalue weighted by Crippen LogP contribution is -2.21. The number of ether oxygens (including phenoxy) is 4. The lowest BCUT2D eigenvalue weighted by molar-refractivity contribution is -0.131. The number of methoxy groups -OCH3 is 2. The van der Waals surface area contributed by atoms with Crippen molar-refractivity contribution in [2.45, 2.75) is 25.9 Å². The smallest absolute Gasteiger partial charge is 0.328 e. The van der Waals surface area contributed by atoms with Crippen LogP contribution in [-0.2, 0) is 11.4 Å². The highest BCUT2D eigenvalue weighted by Crippen LogP contribution is 2.41. The quantitative estimate of drug-likeness (QED) is 0.136. The third-order valence-corrected chi connectivity index (χ3v) is 7.19. The lowest BCUT2D eigenvalue weighted by atomic mass is 10.1. The molecule has 224 valence electrons. The fraction of sp³-hybridized carbons (Fsp3) is 0.303. The van der Waals surface area contributed by atoms with Gasteiger partial charge in [-0.2, -0.15) is 0 Å². The Bertz CT molecular complexity index is 1570. The minimum atomic E-state index is -1.05. The molecule has 10 heteroatoms. The summed E-state index contributed by atoms with van der Waals surface area (Å²) in [6.45, 7) is 4.17. The molecule has 2 heterocycles. The molecule has 0 saturated carbocycles. The standard InChI is InChI=1S/C33H36N4O6/c1-40-28-20-26-25(19-29(28)42-16-8-15-37-13-6-7-14-37)33(35-22-34-26)36-27-17-24(11-12-31(38)39)18-30(41-2)32(27)43-21-23-9-4-3-5-10-23/h3-5,9-12,17-20,22H,6-8,13-16,21H2,1-2H3,(H,38,39)(H,34,35,36)/b12-11+. The van der Waals surface area contributed by atoms with Gasteiger partial charge in [-0.15, -0.1) is 0 Å². The van der Waals surface area contributed by atoms with E-state index in [4.69, 9.17) is 18.9 Å². The zero-order valence-electron chi connectivity index (χ0n) is 24.4. The first-order chi connectivity index (χ1) is 21.0. The number of nitrogens with zero attached hydrogens (tertiary/aromatic N) is 3. The third kappa shape index (κ3) is 7.72. The van der Waals surface area contributed by atoms with Crippen molar-refractivity contribution in [1.82, 2.24) is 14.9 Å². The van der Waals surface area contributed by atoms with E-state index in [0.29, 0.717) is 58.8 Å². The number of fused-ring (bicyclic) bond motifs is 1. The first kappa shape index (κ1) is 29.7. The number of rotatable bonds is 14. The highest BCUT2D eigenvalue weighted by molar-refractivity contribution is 5.94. The first-order valence-corrected chi connectivity index (χ1v) is 14.3. The number of aromatic nitrogens is 2. The van der Waals surface area contributed by atoms with Gasteiger partial charge < -0.3 is 34.3 Å². The van der Waals surface area contributed by atoms with Crippen molar-refractivity contribution >= 4 is 34.5 Å². The van der Waals surface area contributed by atoms with E-state index in [9.17, 15) is 9.90 Å². The van der Waals surface area contributed by atoms with Gasteiger partial charge in [0.2, 0.25) is 0 Å². The Morgan fingerprint density at radius 3 is 2.51 bits per heavy atom. The minimum Gasteiger partial charge on any atom is -0.493 e. The van der Waals surface area contributed by atoms with Crippen molar-refractivity contribution in [3.63, 3.8) is 0 Å². The van der Waals surface area contributed by atoms with Crippen molar-refractivity contribution < 1.29 is 28.8 Å². The molecule has 1 saturated heterocycles. The van der Waals surface area contributed by atoms with Gasteiger partial charge in [0.1, 0.15) is 18.8 Å². The fourth-order valence-corrected chi connectivity index (χ4v) is 5.05. The monoisotopic (exact) mass is 584 g/mol. The summed E-state index contributed by atoms with van der Waals surface area (Å²) in [5.74, 6) is 1.55. The van der Waals surface area contributed by atoms with Crippen molar-refractivity contribution in [3.8, 4) is 23.0 Å². The Kier molecular flexibility index (Phi) is 9.91.